The maximum atomic E-state index is 11.4. The van der Waals surface area contributed by atoms with E-state index >= 15 is 0 Å². The molecule has 2 rings (SSSR count). The van der Waals surface area contributed by atoms with Crippen LogP contribution in [-0.4, -0.2) is 46.8 Å². The third kappa shape index (κ3) is 4.95. The quantitative estimate of drug-likeness (QED) is 0.847. The molecule has 1 fully saturated rings. The van der Waals surface area contributed by atoms with Gasteiger partial charge in [0.2, 0.25) is 0 Å². The molecule has 0 spiro atoms. The van der Waals surface area contributed by atoms with Crippen LogP contribution in [0.5, 0.6) is 0 Å². The fourth-order valence-electron chi connectivity index (χ4n) is 2.54. The summed E-state index contributed by atoms with van der Waals surface area (Å²) in [5.74, 6) is 1.67. The van der Waals surface area contributed by atoms with E-state index in [1.807, 2.05) is 0 Å². The highest BCUT2D eigenvalue weighted by Gasteiger charge is 2.17. The van der Waals surface area contributed by atoms with Crippen LogP contribution in [0.15, 0.2) is 28.7 Å². The molecule has 1 aromatic rings. The van der Waals surface area contributed by atoms with Gasteiger partial charge in [-0.15, -0.1) is 0 Å². The predicted octanol–water partition coefficient (Wildman–Crippen LogP) is 2.55. The minimum absolute atomic E-state index is 0.403. The number of nitrogens with one attached hydrogen (secondary N) is 1. The Balaban J connectivity index is 1.89. The van der Waals surface area contributed by atoms with Crippen LogP contribution >= 0.6 is 15.9 Å². The van der Waals surface area contributed by atoms with E-state index in [9.17, 15) is 4.21 Å². The lowest BCUT2D eigenvalue weighted by Gasteiger charge is -2.28. The highest BCUT2D eigenvalue weighted by molar-refractivity contribution is 9.10. The molecule has 112 valence electrons. The summed E-state index contributed by atoms with van der Waals surface area (Å²) in [5, 5.41) is 3.56. The van der Waals surface area contributed by atoms with Crippen LogP contribution in [-0.2, 0) is 10.8 Å². The van der Waals surface area contributed by atoms with E-state index in [0.29, 0.717) is 6.04 Å². The van der Waals surface area contributed by atoms with Crippen molar-refractivity contribution in [2.75, 3.05) is 37.7 Å². The molecule has 1 atom stereocenters. The highest BCUT2D eigenvalue weighted by Crippen LogP contribution is 2.20. The van der Waals surface area contributed by atoms with Crippen LogP contribution in [0, 0.1) is 0 Å². The van der Waals surface area contributed by atoms with Gasteiger partial charge in [-0.2, -0.15) is 0 Å². The van der Waals surface area contributed by atoms with Gasteiger partial charge in [-0.1, -0.05) is 35.0 Å². The average molecular weight is 359 g/mol. The Labute approximate surface area is 132 Å². The molecule has 1 saturated heterocycles. The fraction of sp³-hybridized carbons (Fsp3) is 0.600. The average Bonchev–Trinajstić information content (AvgIpc) is 2.46. The van der Waals surface area contributed by atoms with Gasteiger partial charge in [0.25, 0.3) is 0 Å². The van der Waals surface area contributed by atoms with Crippen molar-refractivity contribution in [3.05, 3.63) is 34.3 Å². The molecule has 0 saturated carbocycles. The lowest BCUT2D eigenvalue weighted by Crippen LogP contribution is -2.39. The van der Waals surface area contributed by atoms with Crippen molar-refractivity contribution in [1.82, 2.24) is 10.2 Å². The van der Waals surface area contributed by atoms with Crippen molar-refractivity contribution in [2.45, 2.75) is 19.4 Å². The Kier molecular flexibility index (Phi) is 6.68. The maximum Gasteiger partial charge on any atom is 0.0363 e. The first-order valence-corrected chi connectivity index (χ1v) is 9.53. The van der Waals surface area contributed by atoms with Gasteiger partial charge in [0.1, 0.15) is 0 Å². The largest absolute Gasteiger partial charge is 0.310 e. The normalized spacial score (nSPS) is 19.1. The molecule has 1 aliphatic heterocycles. The van der Waals surface area contributed by atoms with Gasteiger partial charge in [-0.05, 0) is 30.7 Å². The lowest BCUT2D eigenvalue weighted by molar-refractivity contribution is 0.279. The van der Waals surface area contributed by atoms with Gasteiger partial charge in [-0.25, -0.2) is 0 Å². The van der Waals surface area contributed by atoms with Crippen molar-refractivity contribution in [3.8, 4) is 0 Å². The maximum absolute atomic E-state index is 11.4. The van der Waals surface area contributed by atoms with Crippen molar-refractivity contribution < 1.29 is 4.21 Å². The molecule has 1 heterocycles. The van der Waals surface area contributed by atoms with Gasteiger partial charge in [0.15, 0.2) is 0 Å². The second-order valence-corrected chi connectivity index (χ2v) is 7.75. The Bertz CT molecular complexity index is 428. The van der Waals surface area contributed by atoms with E-state index in [4.69, 9.17) is 0 Å². The molecule has 0 bridgehead atoms. The van der Waals surface area contributed by atoms with E-state index in [2.05, 4.69) is 57.3 Å². The fourth-order valence-corrected chi connectivity index (χ4v) is 3.93. The van der Waals surface area contributed by atoms with Gasteiger partial charge in [-0.3, -0.25) is 4.21 Å². The first-order valence-electron chi connectivity index (χ1n) is 7.25. The summed E-state index contributed by atoms with van der Waals surface area (Å²) in [6, 6.07) is 8.97. The van der Waals surface area contributed by atoms with Gasteiger partial charge < -0.3 is 10.2 Å². The zero-order chi connectivity index (χ0) is 14.4. The van der Waals surface area contributed by atoms with Crippen LogP contribution in [0.2, 0.25) is 0 Å². The molecule has 1 N–H and O–H groups in total. The minimum atomic E-state index is -0.580. The minimum Gasteiger partial charge on any atom is -0.310 e. The van der Waals surface area contributed by atoms with Crippen LogP contribution in [0.1, 0.15) is 24.9 Å². The molecule has 0 amide bonds. The van der Waals surface area contributed by atoms with Gasteiger partial charge in [0, 0.05) is 52.5 Å². The molecule has 5 heteroatoms. The van der Waals surface area contributed by atoms with Gasteiger partial charge >= 0.3 is 0 Å². The molecule has 1 unspecified atom stereocenters. The van der Waals surface area contributed by atoms with Crippen molar-refractivity contribution in [3.63, 3.8) is 0 Å². The summed E-state index contributed by atoms with van der Waals surface area (Å²) in [4.78, 5) is 2.44. The molecular formula is C15H23BrN2OS. The van der Waals surface area contributed by atoms with Crippen molar-refractivity contribution in [1.29, 1.82) is 0 Å². The highest BCUT2D eigenvalue weighted by atomic mass is 79.9. The van der Waals surface area contributed by atoms with E-state index < -0.39 is 10.8 Å². The number of nitrogens with zero attached hydrogens (tertiary/aromatic N) is 1. The SMILES string of the molecule is CCNC(CCN1CCS(=O)CC1)c1ccc(Br)cc1. The third-order valence-corrected chi connectivity index (χ3v) is 5.53. The number of hydrogen-bond acceptors (Lipinski definition) is 3. The molecule has 0 aromatic heterocycles. The van der Waals surface area contributed by atoms with Crippen LogP contribution in [0.3, 0.4) is 0 Å². The number of hydrogen-bond donors (Lipinski definition) is 1. The first kappa shape index (κ1) is 16.1. The summed E-state index contributed by atoms with van der Waals surface area (Å²) < 4.78 is 12.5. The van der Waals surface area contributed by atoms with Crippen LogP contribution < -0.4 is 5.32 Å². The smallest absolute Gasteiger partial charge is 0.0363 e. The molecule has 20 heavy (non-hydrogen) atoms. The topological polar surface area (TPSA) is 32.3 Å². The van der Waals surface area contributed by atoms with Crippen LogP contribution in [0.25, 0.3) is 0 Å². The number of rotatable bonds is 6. The summed E-state index contributed by atoms with van der Waals surface area (Å²) in [6.07, 6.45) is 1.10. The predicted molar refractivity (Wildman–Crippen MR) is 89.5 cm³/mol. The summed E-state index contributed by atoms with van der Waals surface area (Å²) in [6.45, 7) is 6.16. The summed E-state index contributed by atoms with van der Waals surface area (Å²) >= 11 is 3.48. The summed E-state index contributed by atoms with van der Waals surface area (Å²) in [7, 11) is -0.580. The Morgan fingerprint density at radius 1 is 1.30 bits per heavy atom. The van der Waals surface area contributed by atoms with E-state index in [1.54, 1.807) is 0 Å². The standard InChI is InChI=1S/C15H23BrN2OS/c1-2-17-15(13-3-5-14(16)6-4-13)7-8-18-9-11-20(19)12-10-18/h3-6,15,17H,2,7-12H2,1H3. The van der Waals surface area contributed by atoms with Crippen LogP contribution in [0.4, 0.5) is 0 Å². The van der Waals surface area contributed by atoms with E-state index in [0.717, 1.165) is 48.6 Å². The number of benzene rings is 1. The Morgan fingerprint density at radius 2 is 1.95 bits per heavy atom. The number of halogens is 1. The van der Waals surface area contributed by atoms with Crippen molar-refractivity contribution >= 4 is 26.7 Å². The third-order valence-electron chi connectivity index (χ3n) is 3.73. The first-order chi connectivity index (χ1) is 9.69. The van der Waals surface area contributed by atoms with E-state index in [-0.39, 0.29) is 0 Å². The lowest BCUT2D eigenvalue weighted by atomic mass is 10.0. The molecule has 0 aliphatic carbocycles. The Morgan fingerprint density at radius 3 is 2.55 bits per heavy atom. The monoisotopic (exact) mass is 358 g/mol. The summed E-state index contributed by atoms with van der Waals surface area (Å²) in [5.41, 5.74) is 1.34. The molecular weight excluding hydrogens is 336 g/mol. The molecule has 0 radical (unpaired) electrons. The Hall–Kier alpha value is -0.230. The van der Waals surface area contributed by atoms with Crippen molar-refractivity contribution in [2.24, 2.45) is 0 Å². The van der Waals surface area contributed by atoms with Gasteiger partial charge in [0.05, 0.1) is 0 Å². The second-order valence-electron chi connectivity index (χ2n) is 5.14. The molecule has 3 nitrogen and oxygen atoms in total. The molecule has 1 aliphatic rings. The van der Waals surface area contributed by atoms with E-state index in [1.165, 1.54) is 5.56 Å². The zero-order valence-corrected chi connectivity index (χ0v) is 14.4. The molecule has 1 aromatic carbocycles. The second kappa shape index (κ2) is 8.27. The zero-order valence-electron chi connectivity index (χ0n) is 12.0.